The third kappa shape index (κ3) is 7.56. The van der Waals surface area contributed by atoms with Crippen molar-refractivity contribution >= 4 is 11.9 Å². The van der Waals surface area contributed by atoms with Gasteiger partial charge >= 0.3 is 0 Å². The number of guanidine groups is 1. The molecular formula is C19H35N7. The van der Waals surface area contributed by atoms with Crippen molar-refractivity contribution in [3.05, 3.63) is 18.5 Å². The summed E-state index contributed by atoms with van der Waals surface area (Å²) < 4.78 is 0. The first-order valence-corrected chi connectivity index (χ1v) is 9.88. The zero-order valence-electron chi connectivity index (χ0n) is 16.6. The summed E-state index contributed by atoms with van der Waals surface area (Å²) in [7, 11) is 1.84. The van der Waals surface area contributed by atoms with Crippen LogP contribution < -0.4 is 15.5 Å². The Morgan fingerprint density at radius 2 is 1.77 bits per heavy atom. The highest BCUT2D eigenvalue weighted by Crippen LogP contribution is 2.09. The second-order valence-electron chi connectivity index (χ2n) is 7.19. The van der Waals surface area contributed by atoms with E-state index in [0.717, 1.165) is 63.6 Å². The lowest BCUT2D eigenvalue weighted by Gasteiger charge is -2.34. The number of unbranched alkanes of at least 4 members (excludes halogenated alkanes) is 1. The van der Waals surface area contributed by atoms with Crippen LogP contribution in [0.2, 0.25) is 0 Å². The minimum absolute atomic E-state index is 0.793. The minimum Gasteiger partial charge on any atom is -0.356 e. The molecule has 0 unspecified atom stereocenters. The number of hydrogen-bond donors (Lipinski definition) is 2. The molecule has 0 spiro atoms. The van der Waals surface area contributed by atoms with Crippen molar-refractivity contribution < 1.29 is 0 Å². The first kappa shape index (κ1) is 20.4. The molecule has 0 aromatic carbocycles. The van der Waals surface area contributed by atoms with Crippen LogP contribution in [0.4, 0.5) is 5.95 Å². The van der Waals surface area contributed by atoms with Gasteiger partial charge in [-0.25, -0.2) is 9.97 Å². The minimum atomic E-state index is 0.793. The lowest BCUT2D eigenvalue weighted by molar-refractivity contribution is 0.260. The Labute approximate surface area is 158 Å². The van der Waals surface area contributed by atoms with Crippen LogP contribution in [0.1, 0.15) is 33.1 Å². The van der Waals surface area contributed by atoms with Crippen LogP contribution in [0.5, 0.6) is 0 Å². The third-order valence-electron chi connectivity index (χ3n) is 4.65. The molecule has 2 heterocycles. The molecule has 0 amide bonds. The van der Waals surface area contributed by atoms with Crippen LogP contribution in [-0.4, -0.2) is 73.7 Å². The van der Waals surface area contributed by atoms with Crippen LogP contribution in [0, 0.1) is 5.92 Å². The molecule has 7 heteroatoms. The summed E-state index contributed by atoms with van der Waals surface area (Å²) in [5, 5.41) is 6.82. The van der Waals surface area contributed by atoms with Gasteiger partial charge in [0.2, 0.25) is 5.95 Å². The second-order valence-corrected chi connectivity index (χ2v) is 7.19. The van der Waals surface area contributed by atoms with Crippen molar-refractivity contribution in [1.82, 2.24) is 25.5 Å². The van der Waals surface area contributed by atoms with Gasteiger partial charge in [-0.15, -0.1) is 0 Å². The molecule has 26 heavy (non-hydrogen) atoms. The molecule has 2 N–H and O–H groups in total. The molecule has 146 valence electrons. The lowest BCUT2D eigenvalue weighted by Crippen LogP contribution is -2.49. The fourth-order valence-corrected chi connectivity index (χ4v) is 3.06. The molecule has 0 aliphatic carbocycles. The van der Waals surface area contributed by atoms with Gasteiger partial charge in [-0.1, -0.05) is 26.7 Å². The Bertz CT molecular complexity index is 510. The van der Waals surface area contributed by atoms with Gasteiger partial charge in [-0.2, -0.15) is 0 Å². The lowest BCUT2D eigenvalue weighted by atomic mass is 10.1. The van der Waals surface area contributed by atoms with Gasteiger partial charge in [0.1, 0.15) is 0 Å². The van der Waals surface area contributed by atoms with Crippen molar-refractivity contribution in [2.45, 2.75) is 33.1 Å². The molecule has 1 aliphatic heterocycles. The van der Waals surface area contributed by atoms with E-state index < -0.39 is 0 Å². The van der Waals surface area contributed by atoms with Crippen LogP contribution in [0.15, 0.2) is 23.5 Å². The van der Waals surface area contributed by atoms with E-state index in [2.05, 4.69) is 49.2 Å². The predicted octanol–water partition coefficient (Wildman–Crippen LogP) is 1.59. The molecule has 1 aromatic rings. The second kappa shape index (κ2) is 11.7. The van der Waals surface area contributed by atoms with Crippen LogP contribution >= 0.6 is 0 Å². The monoisotopic (exact) mass is 361 g/mol. The number of nitrogens with one attached hydrogen (secondary N) is 2. The molecule has 0 atom stereocenters. The van der Waals surface area contributed by atoms with Gasteiger partial charge in [0.05, 0.1) is 0 Å². The number of aromatic nitrogens is 2. The summed E-state index contributed by atoms with van der Waals surface area (Å²) in [4.78, 5) is 17.7. The predicted molar refractivity (Wildman–Crippen MR) is 109 cm³/mol. The van der Waals surface area contributed by atoms with Crippen molar-refractivity contribution in [2.75, 3.05) is 57.8 Å². The smallest absolute Gasteiger partial charge is 0.225 e. The van der Waals surface area contributed by atoms with Crippen molar-refractivity contribution in [2.24, 2.45) is 10.9 Å². The Morgan fingerprint density at radius 1 is 1.08 bits per heavy atom. The first-order valence-electron chi connectivity index (χ1n) is 9.88. The quantitative estimate of drug-likeness (QED) is 0.395. The summed E-state index contributed by atoms with van der Waals surface area (Å²) in [5.41, 5.74) is 0. The Hall–Kier alpha value is -1.89. The number of nitrogens with zero attached hydrogens (tertiary/aromatic N) is 5. The normalized spacial score (nSPS) is 16.2. The number of aliphatic imine (C=N–C) groups is 1. The Morgan fingerprint density at radius 3 is 2.42 bits per heavy atom. The van der Waals surface area contributed by atoms with Gasteiger partial charge in [0.15, 0.2) is 5.96 Å². The maximum Gasteiger partial charge on any atom is 0.225 e. The third-order valence-corrected chi connectivity index (χ3v) is 4.65. The topological polar surface area (TPSA) is 68.7 Å². The standard InChI is InChI=1S/C19H35N7/c1-17(2)7-4-5-8-21-18(20-3)22-11-12-25-13-15-26(16-14-25)19-23-9-6-10-24-19/h6,9-10,17H,4-5,7-8,11-16H2,1-3H3,(H2,20,21,22). The Balaban J connectivity index is 1.56. The SMILES string of the molecule is CN=C(NCCCCC(C)C)NCCN1CCN(c2ncccn2)CC1. The van der Waals surface area contributed by atoms with E-state index in [0.29, 0.717) is 0 Å². The zero-order chi connectivity index (χ0) is 18.6. The molecule has 1 aromatic heterocycles. The molecular weight excluding hydrogens is 326 g/mol. The van der Waals surface area contributed by atoms with Gasteiger partial charge in [0.25, 0.3) is 0 Å². The van der Waals surface area contributed by atoms with Crippen molar-refractivity contribution in [3.63, 3.8) is 0 Å². The summed E-state index contributed by atoms with van der Waals surface area (Å²) in [6.07, 6.45) is 7.38. The molecule has 0 saturated carbocycles. The van der Waals surface area contributed by atoms with E-state index in [-0.39, 0.29) is 0 Å². The van der Waals surface area contributed by atoms with Crippen LogP contribution in [0.3, 0.4) is 0 Å². The zero-order valence-corrected chi connectivity index (χ0v) is 16.6. The van der Waals surface area contributed by atoms with E-state index in [4.69, 9.17) is 0 Å². The molecule has 1 fully saturated rings. The van der Waals surface area contributed by atoms with Crippen LogP contribution in [0.25, 0.3) is 0 Å². The number of piperazine rings is 1. The van der Waals surface area contributed by atoms with Crippen molar-refractivity contribution in [3.8, 4) is 0 Å². The average Bonchev–Trinajstić information content (AvgIpc) is 2.67. The van der Waals surface area contributed by atoms with Crippen LogP contribution in [-0.2, 0) is 0 Å². The van der Waals surface area contributed by atoms with Gasteiger partial charge < -0.3 is 15.5 Å². The molecule has 0 bridgehead atoms. The summed E-state index contributed by atoms with van der Waals surface area (Å²) in [5.74, 6) is 2.54. The van der Waals surface area contributed by atoms with E-state index in [1.807, 2.05) is 13.1 Å². The maximum atomic E-state index is 4.34. The first-order chi connectivity index (χ1) is 12.7. The largest absolute Gasteiger partial charge is 0.356 e. The number of rotatable bonds is 9. The van der Waals surface area contributed by atoms with E-state index in [1.54, 1.807) is 12.4 Å². The van der Waals surface area contributed by atoms with E-state index >= 15 is 0 Å². The summed E-state index contributed by atoms with van der Waals surface area (Å²) >= 11 is 0. The summed E-state index contributed by atoms with van der Waals surface area (Å²) in [6.45, 7) is 11.5. The maximum absolute atomic E-state index is 4.34. The average molecular weight is 362 g/mol. The molecule has 2 rings (SSSR count). The molecule has 1 aliphatic rings. The van der Waals surface area contributed by atoms with E-state index in [1.165, 1.54) is 19.3 Å². The Kier molecular flexibility index (Phi) is 9.17. The highest BCUT2D eigenvalue weighted by Gasteiger charge is 2.18. The highest BCUT2D eigenvalue weighted by atomic mass is 15.3. The summed E-state index contributed by atoms with van der Waals surface area (Å²) in [6, 6.07) is 1.86. The highest BCUT2D eigenvalue weighted by molar-refractivity contribution is 5.79. The molecule has 1 saturated heterocycles. The van der Waals surface area contributed by atoms with E-state index in [9.17, 15) is 0 Å². The van der Waals surface area contributed by atoms with Gasteiger partial charge in [0, 0.05) is 65.3 Å². The fraction of sp³-hybridized carbons (Fsp3) is 0.737. The van der Waals surface area contributed by atoms with Gasteiger partial charge in [-0.05, 0) is 18.4 Å². The fourth-order valence-electron chi connectivity index (χ4n) is 3.06. The van der Waals surface area contributed by atoms with Gasteiger partial charge in [-0.3, -0.25) is 9.89 Å². The molecule has 0 radical (unpaired) electrons. The van der Waals surface area contributed by atoms with Crippen molar-refractivity contribution in [1.29, 1.82) is 0 Å². The number of hydrogen-bond acceptors (Lipinski definition) is 5. The number of anilines is 1. The molecule has 7 nitrogen and oxygen atoms in total.